The summed E-state index contributed by atoms with van der Waals surface area (Å²) in [4.78, 5) is 20.1. The van der Waals surface area contributed by atoms with Crippen molar-refractivity contribution in [3.05, 3.63) is 112 Å². The van der Waals surface area contributed by atoms with Gasteiger partial charge in [0.25, 0.3) is 5.91 Å². The van der Waals surface area contributed by atoms with E-state index in [-0.39, 0.29) is 5.91 Å². The molecule has 0 aliphatic carbocycles. The van der Waals surface area contributed by atoms with Gasteiger partial charge >= 0.3 is 0 Å². The zero-order chi connectivity index (χ0) is 22.8. The first-order valence-electron chi connectivity index (χ1n) is 10.8. The second-order valence-electron chi connectivity index (χ2n) is 7.58. The average molecular weight is 497 g/mol. The van der Waals surface area contributed by atoms with Crippen molar-refractivity contribution in [2.45, 2.75) is 6.92 Å². The van der Waals surface area contributed by atoms with Crippen LogP contribution in [0.5, 0.6) is 5.75 Å². The number of carbonyl (C=O) groups excluding carboxylic acids is 1. The maximum Gasteiger partial charge on any atom is 0.282 e. The van der Waals surface area contributed by atoms with Crippen LogP contribution in [0.2, 0.25) is 0 Å². The van der Waals surface area contributed by atoms with Crippen LogP contribution >= 0.6 is 15.9 Å². The summed E-state index contributed by atoms with van der Waals surface area (Å²) < 4.78 is 6.44. The number of anilines is 1. The monoisotopic (exact) mass is 496 g/mol. The molecule has 0 N–H and O–H groups in total. The second kappa shape index (κ2) is 9.04. The number of amides is 1. The summed E-state index contributed by atoms with van der Waals surface area (Å²) in [6.07, 6.45) is 1.87. The lowest BCUT2D eigenvalue weighted by atomic mass is 10.0. The van der Waals surface area contributed by atoms with Gasteiger partial charge in [0.15, 0.2) is 0 Å². The maximum absolute atomic E-state index is 13.6. The molecule has 0 bridgehead atoms. The smallest absolute Gasteiger partial charge is 0.282 e. The van der Waals surface area contributed by atoms with Crippen molar-refractivity contribution in [2.75, 3.05) is 11.5 Å². The molecule has 0 fully saturated rings. The van der Waals surface area contributed by atoms with E-state index < -0.39 is 0 Å². The summed E-state index contributed by atoms with van der Waals surface area (Å²) in [5, 5.41) is 2.20. The zero-order valence-corrected chi connectivity index (χ0v) is 19.6. The zero-order valence-electron chi connectivity index (χ0n) is 18.0. The second-order valence-corrected chi connectivity index (χ2v) is 8.44. The Morgan fingerprint density at radius 1 is 0.909 bits per heavy atom. The number of amidine groups is 1. The molecule has 4 aromatic rings. The number of rotatable bonds is 5. The predicted molar refractivity (Wildman–Crippen MR) is 138 cm³/mol. The van der Waals surface area contributed by atoms with E-state index in [1.165, 1.54) is 0 Å². The number of halogens is 1. The van der Waals surface area contributed by atoms with E-state index in [4.69, 9.17) is 9.73 Å². The normalized spacial score (nSPS) is 14.7. The minimum Gasteiger partial charge on any atom is -0.494 e. The van der Waals surface area contributed by atoms with Crippen molar-refractivity contribution in [2.24, 2.45) is 4.99 Å². The lowest BCUT2D eigenvalue weighted by molar-refractivity contribution is -0.113. The average Bonchev–Trinajstić information content (AvgIpc) is 3.16. The molecule has 33 heavy (non-hydrogen) atoms. The van der Waals surface area contributed by atoms with Crippen molar-refractivity contribution < 1.29 is 9.53 Å². The third-order valence-corrected chi connectivity index (χ3v) is 6.19. The highest BCUT2D eigenvalue weighted by atomic mass is 79.9. The minimum absolute atomic E-state index is 0.169. The lowest BCUT2D eigenvalue weighted by Gasteiger charge is -2.19. The first kappa shape index (κ1) is 21.2. The predicted octanol–water partition coefficient (Wildman–Crippen LogP) is 6.84. The molecule has 0 aromatic heterocycles. The van der Waals surface area contributed by atoms with Crippen LogP contribution in [0.4, 0.5) is 5.69 Å². The summed E-state index contributed by atoms with van der Waals surface area (Å²) in [5.74, 6) is 1.18. The van der Waals surface area contributed by atoms with Crippen molar-refractivity contribution in [3.8, 4) is 5.75 Å². The van der Waals surface area contributed by atoms with Gasteiger partial charge in [-0.15, -0.1) is 0 Å². The van der Waals surface area contributed by atoms with E-state index in [1.807, 2.05) is 85.8 Å². The topological polar surface area (TPSA) is 41.9 Å². The highest BCUT2D eigenvalue weighted by Crippen LogP contribution is 2.32. The van der Waals surface area contributed by atoms with Crippen molar-refractivity contribution in [1.29, 1.82) is 0 Å². The van der Waals surface area contributed by atoms with Gasteiger partial charge in [0.1, 0.15) is 17.3 Å². The van der Waals surface area contributed by atoms with E-state index in [0.717, 1.165) is 37.8 Å². The number of benzene rings is 4. The van der Waals surface area contributed by atoms with E-state index in [1.54, 1.807) is 4.90 Å². The van der Waals surface area contributed by atoms with E-state index in [0.29, 0.717) is 18.1 Å². The molecule has 0 unspecified atom stereocenters. The van der Waals surface area contributed by atoms with Crippen LogP contribution in [0.15, 0.2) is 106 Å². The summed E-state index contributed by atoms with van der Waals surface area (Å²) in [5.41, 5.74) is 2.94. The minimum atomic E-state index is -0.169. The van der Waals surface area contributed by atoms with Gasteiger partial charge in [-0.3, -0.25) is 9.69 Å². The Morgan fingerprint density at radius 3 is 2.42 bits per heavy atom. The fourth-order valence-electron chi connectivity index (χ4n) is 3.96. The summed E-state index contributed by atoms with van der Waals surface area (Å²) >= 11 is 3.62. The van der Waals surface area contributed by atoms with E-state index >= 15 is 0 Å². The third kappa shape index (κ3) is 4.08. The van der Waals surface area contributed by atoms with Crippen LogP contribution < -0.4 is 9.64 Å². The molecule has 4 nitrogen and oxygen atoms in total. The number of nitrogens with zero attached hydrogens (tertiary/aromatic N) is 2. The van der Waals surface area contributed by atoms with Gasteiger partial charge in [-0.1, -0.05) is 76.6 Å². The molecule has 0 atom stereocenters. The van der Waals surface area contributed by atoms with Crippen LogP contribution in [-0.4, -0.2) is 18.3 Å². The molecular formula is C28H21BrN2O2. The first-order valence-corrected chi connectivity index (χ1v) is 11.6. The van der Waals surface area contributed by atoms with Gasteiger partial charge in [-0.05, 0) is 59.7 Å². The Hall–Kier alpha value is -3.70. The van der Waals surface area contributed by atoms with Crippen molar-refractivity contribution >= 4 is 50.2 Å². The molecule has 0 radical (unpaired) electrons. The Morgan fingerprint density at radius 2 is 1.64 bits per heavy atom. The highest BCUT2D eigenvalue weighted by Gasteiger charge is 2.33. The molecule has 1 amide bonds. The number of ether oxygens (including phenoxy) is 1. The number of carbonyl (C=O) groups is 1. The standard InChI is InChI=1S/C28H21BrN2O2/c1-2-33-22-16-14-21(15-17-22)31-27(24-12-5-6-13-25(24)29)30-26(28(31)32)18-20-10-7-9-19-8-3-4-11-23(19)20/h3-18H,2H2,1H3/b26-18+. The van der Waals surface area contributed by atoms with E-state index in [9.17, 15) is 4.79 Å². The first-order chi connectivity index (χ1) is 16.2. The summed E-state index contributed by atoms with van der Waals surface area (Å²) in [6, 6.07) is 29.5. The Kier molecular flexibility index (Phi) is 5.80. The van der Waals surface area contributed by atoms with Gasteiger partial charge in [0.2, 0.25) is 0 Å². The van der Waals surface area contributed by atoms with Crippen LogP contribution in [-0.2, 0) is 4.79 Å². The maximum atomic E-state index is 13.6. The highest BCUT2D eigenvalue weighted by molar-refractivity contribution is 9.10. The molecule has 5 rings (SSSR count). The van der Waals surface area contributed by atoms with Crippen molar-refractivity contribution in [3.63, 3.8) is 0 Å². The molecule has 0 saturated heterocycles. The number of fused-ring (bicyclic) bond motifs is 1. The van der Waals surface area contributed by atoms with Gasteiger partial charge < -0.3 is 4.74 Å². The molecule has 0 spiro atoms. The van der Waals surface area contributed by atoms with Gasteiger partial charge in [0.05, 0.1) is 12.3 Å². The number of hydrogen-bond donors (Lipinski definition) is 0. The molecule has 162 valence electrons. The molecule has 1 aliphatic heterocycles. The quantitative estimate of drug-likeness (QED) is 0.284. The number of hydrogen-bond acceptors (Lipinski definition) is 3. The lowest BCUT2D eigenvalue weighted by Crippen LogP contribution is -2.32. The fraction of sp³-hybridized carbons (Fsp3) is 0.0714. The van der Waals surface area contributed by atoms with Crippen LogP contribution in [0.25, 0.3) is 16.8 Å². The van der Waals surface area contributed by atoms with Crippen LogP contribution in [0, 0.1) is 0 Å². The number of aliphatic imine (C=N–C) groups is 1. The Labute approximate surface area is 201 Å². The fourth-order valence-corrected chi connectivity index (χ4v) is 4.42. The van der Waals surface area contributed by atoms with Crippen LogP contribution in [0.3, 0.4) is 0 Å². The Bertz CT molecular complexity index is 1400. The molecule has 1 heterocycles. The van der Waals surface area contributed by atoms with E-state index in [2.05, 4.69) is 34.1 Å². The van der Waals surface area contributed by atoms with Crippen LogP contribution in [0.1, 0.15) is 18.1 Å². The SMILES string of the molecule is CCOc1ccc(N2C(=O)/C(=C\c3cccc4ccccc34)N=C2c2ccccc2Br)cc1. The molecule has 5 heteroatoms. The Balaban J connectivity index is 1.64. The molecular weight excluding hydrogens is 476 g/mol. The third-order valence-electron chi connectivity index (χ3n) is 5.50. The van der Waals surface area contributed by atoms with Crippen molar-refractivity contribution in [1.82, 2.24) is 0 Å². The summed E-state index contributed by atoms with van der Waals surface area (Å²) in [7, 11) is 0. The molecule has 4 aromatic carbocycles. The molecule has 0 saturated carbocycles. The summed E-state index contributed by atoms with van der Waals surface area (Å²) in [6.45, 7) is 2.53. The van der Waals surface area contributed by atoms with Gasteiger partial charge in [-0.2, -0.15) is 0 Å². The van der Waals surface area contributed by atoms with Gasteiger partial charge in [0, 0.05) is 10.0 Å². The largest absolute Gasteiger partial charge is 0.494 e. The van der Waals surface area contributed by atoms with Gasteiger partial charge in [-0.25, -0.2) is 4.99 Å². The molecule has 1 aliphatic rings.